The number of anilines is 2. The Morgan fingerprint density at radius 3 is 1.65 bits per heavy atom. The number of phenols is 2. The molecule has 0 spiro atoms. The number of carbonyl (C=O) groups is 1. The molecule has 104 valence electrons. The Bertz CT molecular complexity index is 581. The molecule has 0 heterocycles. The molecule has 2 aromatic carbocycles. The minimum Gasteiger partial charge on any atom is -0.506 e. The van der Waals surface area contributed by atoms with Crippen LogP contribution < -0.4 is 4.90 Å². The maximum Gasteiger partial charge on any atom is 0.228 e. The van der Waals surface area contributed by atoms with Gasteiger partial charge in [-0.1, -0.05) is 12.1 Å². The average molecular weight is 279 g/mol. The number of carbonyl (C=O) groups excluding carboxylic acids is 1. The number of amides is 1. The SMILES string of the molecule is CC(=O)N(c1c(O)cccc1F)c1c(O)cccc1F. The second kappa shape index (κ2) is 5.16. The Balaban J connectivity index is 2.73. The molecule has 1 amide bonds. The van der Waals surface area contributed by atoms with Crippen LogP contribution in [0.3, 0.4) is 0 Å². The third-order valence-corrected chi connectivity index (χ3v) is 2.69. The fourth-order valence-corrected chi connectivity index (χ4v) is 1.88. The van der Waals surface area contributed by atoms with Gasteiger partial charge in [0.2, 0.25) is 5.91 Å². The normalized spacial score (nSPS) is 10.3. The number of hydrogen-bond acceptors (Lipinski definition) is 3. The van der Waals surface area contributed by atoms with Gasteiger partial charge in [0.1, 0.15) is 22.9 Å². The van der Waals surface area contributed by atoms with Gasteiger partial charge in [0.15, 0.2) is 11.6 Å². The quantitative estimate of drug-likeness (QED) is 0.888. The number of aromatic hydroxyl groups is 2. The zero-order valence-corrected chi connectivity index (χ0v) is 10.5. The lowest BCUT2D eigenvalue weighted by atomic mass is 10.2. The van der Waals surface area contributed by atoms with Gasteiger partial charge in [-0.2, -0.15) is 0 Å². The zero-order chi connectivity index (χ0) is 14.9. The van der Waals surface area contributed by atoms with E-state index in [1.165, 1.54) is 12.1 Å². The fourth-order valence-electron chi connectivity index (χ4n) is 1.88. The van der Waals surface area contributed by atoms with Crippen LogP contribution in [0, 0.1) is 11.6 Å². The Hall–Kier alpha value is -2.63. The van der Waals surface area contributed by atoms with Crippen LogP contribution in [0.15, 0.2) is 36.4 Å². The van der Waals surface area contributed by atoms with E-state index in [9.17, 15) is 23.8 Å². The largest absolute Gasteiger partial charge is 0.506 e. The highest BCUT2D eigenvalue weighted by molar-refractivity contribution is 6.02. The molecule has 0 fully saturated rings. The maximum atomic E-state index is 13.9. The highest BCUT2D eigenvalue weighted by atomic mass is 19.1. The van der Waals surface area contributed by atoms with Crippen LogP contribution >= 0.6 is 0 Å². The van der Waals surface area contributed by atoms with Crippen molar-refractivity contribution < 1.29 is 23.8 Å². The molecule has 0 atom stereocenters. The van der Waals surface area contributed by atoms with Crippen molar-refractivity contribution in [1.29, 1.82) is 0 Å². The van der Waals surface area contributed by atoms with Gasteiger partial charge in [0.25, 0.3) is 0 Å². The van der Waals surface area contributed by atoms with E-state index in [0.29, 0.717) is 4.90 Å². The molecule has 0 aliphatic heterocycles. The number of rotatable bonds is 2. The van der Waals surface area contributed by atoms with Crippen LogP contribution in [0.5, 0.6) is 11.5 Å². The molecule has 0 unspecified atom stereocenters. The summed E-state index contributed by atoms with van der Waals surface area (Å²) in [6.45, 7) is 1.07. The molecule has 2 aromatic rings. The number of para-hydroxylation sites is 2. The van der Waals surface area contributed by atoms with Crippen LogP contribution in [-0.2, 0) is 4.79 Å². The van der Waals surface area contributed by atoms with Crippen LogP contribution in [0.2, 0.25) is 0 Å². The van der Waals surface area contributed by atoms with Crippen LogP contribution in [0.25, 0.3) is 0 Å². The van der Waals surface area contributed by atoms with Crippen molar-refractivity contribution in [1.82, 2.24) is 0 Å². The molecular weight excluding hydrogens is 268 g/mol. The third kappa shape index (κ3) is 2.27. The Morgan fingerprint density at radius 2 is 1.35 bits per heavy atom. The van der Waals surface area contributed by atoms with Gasteiger partial charge < -0.3 is 10.2 Å². The summed E-state index contributed by atoms with van der Waals surface area (Å²) < 4.78 is 27.7. The lowest BCUT2D eigenvalue weighted by Crippen LogP contribution is -2.25. The molecule has 0 saturated heterocycles. The van der Waals surface area contributed by atoms with E-state index >= 15 is 0 Å². The first kappa shape index (κ1) is 13.8. The number of benzene rings is 2. The van der Waals surface area contributed by atoms with Gasteiger partial charge in [0, 0.05) is 6.92 Å². The van der Waals surface area contributed by atoms with E-state index in [2.05, 4.69) is 0 Å². The Morgan fingerprint density at radius 1 is 0.950 bits per heavy atom. The number of nitrogens with zero attached hydrogens (tertiary/aromatic N) is 1. The predicted molar refractivity (Wildman–Crippen MR) is 68.9 cm³/mol. The van der Waals surface area contributed by atoms with Gasteiger partial charge >= 0.3 is 0 Å². The van der Waals surface area contributed by atoms with Crippen molar-refractivity contribution in [2.24, 2.45) is 0 Å². The number of hydrogen-bond donors (Lipinski definition) is 2. The van der Waals surface area contributed by atoms with Gasteiger partial charge in [0.05, 0.1) is 0 Å². The first-order valence-corrected chi connectivity index (χ1v) is 5.69. The summed E-state index contributed by atoms with van der Waals surface area (Å²) in [4.78, 5) is 12.3. The summed E-state index contributed by atoms with van der Waals surface area (Å²) in [6, 6.07) is 6.84. The second-order valence-corrected chi connectivity index (χ2v) is 4.07. The number of halogens is 2. The van der Waals surface area contributed by atoms with Gasteiger partial charge in [-0.3, -0.25) is 9.69 Å². The molecule has 0 aromatic heterocycles. The fraction of sp³-hybridized carbons (Fsp3) is 0.0714. The minimum absolute atomic E-state index is 0.514. The van der Waals surface area contributed by atoms with Crippen molar-refractivity contribution >= 4 is 17.3 Å². The number of phenolic OH excluding ortho intramolecular Hbond substituents is 2. The first-order valence-electron chi connectivity index (χ1n) is 5.69. The zero-order valence-electron chi connectivity index (χ0n) is 10.5. The van der Waals surface area contributed by atoms with Gasteiger partial charge in [-0.15, -0.1) is 0 Å². The van der Waals surface area contributed by atoms with E-state index in [1.807, 2.05) is 0 Å². The van der Waals surface area contributed by atoms with Crippen molar-refractivity contribution in [3.63, 3.8) is 0 Å². The topological polar surface area (TPSA) is 60.8 Å². The first-order chi connectivity index (χ1) is 9.43. The summed E-state index contributed by atoms with van der Waals surface area (Å²) in [5.74, 6) is -3.66. The molecule has 0 aliphatic carbocycles. The van der Waals surface area contributed by atoms with Crippen LogP contribution in [-0.4, -0.2) is 16.1 Å². The minimum atomic E-state index is -0.914. The Kier molecular flexibility index (Phi) is 3.56. The van der Waals surface area contributed by atoms with Gasteiger partial charge in [-0.05, 0) is 24.3 Å². The summed E-state index contributed by atoms with van der Waals surface area (Å²) in [6.07, 6.45) is 0. The smallest absolute Gasteiger partial charge is 0.228 e. The van der Waals surface area contributed by atoms with E-state index in [-0.39, 0.29) is 0 Å². The molecule has 0 bridgehead atoms. The molecule has 20 heavy (non-hydrogen) atoms. The lowest BCUT2D eigenvalue weighted by Gasteiger charge is -2.23. The molecule has 2 rings (SSSR count). The molecular formula is C14H11F2NO3. The molecule has 0 radical (unpaired) electrons. The summed E-state index contributed by atoms with van der Waals surface area (Å²) >= 11 is 0. The van der Waals surface area contributed by atoms with E-state index in [1.54, 1.807) is 0 Å². The second-order valence-electron chi connectivity index (χ2n) is 4.07. The monoisotopic (exact) mass is 279 g/mol. The third-order valence-electron chi connectivity index (χ3n) is 2.69. The molecule has 2 N–H and O–H groups in total. The highest BCUT2D eigenvalue weighted by Gasteiger charge is 2.26. The van der Waals surface area contributed by atoms with Crippen molar-refractivity contribution in [2.45, 2.75) is 6.92 Å². The molecule has 0 saturated carbocycles. The predicted octanol–water partition coefficient (Wildman–Crippen LogP) is 3.06. The van der Waals surface area contributed by atoms with Crippen LogP contribution in [0.4, 0.5) is 20.2 Å². The van der Waals surface area contributed by atoms with E-state index < -0.39 is 40.4 Å². The van der Waals surface area contributed by atoms with Gasteiger partial charge in [-0.25, -0.2) is 8.78 Å². The van der Waals surface area contributed by atoms with Crippen molar-refractivity contribution in [3.05, 3.63) is 48.0 Å². The summed E-state index contributed by atoms with van der Waals surface area (Å²) in [5, 5.41) is 19.4. The summed E-state index contributed by atoms with van der Waals surface area (Å²) in [5.41, 5.74) is -1.03. The molecule has 0 aliphatic rings. The van der Waals surface area contributed by atoms with E-state index in [4.69, 9.17) is 0 Å². The van der Waals surface area contributed by atoms with Crippen LogP contribution in [0.1, 0.15) is 6.92 Å². The maximum absolute atomic E-state index is 13.9. The highest BCUT2D eigenvalue weighted by Crippen LogP contribution is 2.40. The van der Waals surface area contributed by atoms with Crippen molar-refractivity contribution in [2.75, 3.05) is 4.90 Å². The van der Waals surface area contributed by atoms with E-state index in [0.717, 1.165) is 31.2 Å². The standard InChI is InChI=1S/C14H11F2NO3/c1-8(18)17(13-9(15)4-2-6-11(13)19)14-10(16)5-3-7-12(14)20/h2-7,19-20H,1H3. The molecule has 6 heteroatoms. The lowest BCUT2D eigenvalue weighted by molar-refractivity contribution is -0.116. The molecule has 4 nitrogen and oxygen atoms in total. The summed E-state index contributed by atoms with van der Waals surface area (Å²) in [7, 11) is 0. The van der Waals surface area contributed by atoms with Crippen molar-refractivity contribution in [3.8, 4) is 11.5 Å². The Labute approximate surface area is 113 Å². The average Bonchev–Trinajstić information content (AvgIpc) is 2.35.